The molecule has 1 saturated carbocycles. The number of rotatable bonds is 10. The lowest BCUT2D eigenvalue weighted by atomic mass is 9.79. The van der Waals surface area contributed by atoms with Crippen LogP contribution >= 0.6 is 0 Å². The quantitative estimate of drug-likeness (QED) is 0.658. The molecule has 0 atom stereocenters. The van der Waals surface area contributed by atoms with E-state index in [0.29, 0.717) is 17.7 Å². The summed E-state index contributed by atoms with van der Waals surface area (Å²) in [6.45, 7) is 8.22. The maximum absolute atomic E-state index is 12.7. The highest BCUT2D eigenvalue weighted by atomic mass is 16.2. The number of amides is 1. The van der Waals surface area contributed by atoms with E-state index < -0.39 is 0 Å². The van der Waals surface area contributed by atoms with Crippen LogP contribution in [0.2, 0.25) is 0 Å². The fourth-order valence-corrected chi connectivity index (χ4v) is 3.97. The van der Waals surface area contributed by atoms with Gasteiger partial charge in [0.15, 0.2) is 0 Å². The summed E-state index contributed by atoms with van der Waals surface area (Å²) in [5.74, 6) is 1.65. The van der Waals surface area contributed by atoms with Crippen molar-refractivity contribution in [3.05, 3.63) is 17.5 Å². The minimum atomic E-state index is 0.194. The highest BCUT2D eigenvalue weighted by Gasteiger charge is 2.30. The molecule has 154 valence electrons. The van der Waals surface area contributed by atoms with Crippen molar-refractivity contribution in [2.24, 2.45) is 11.8 Å². The van der Waals surface area contributed by atoms with Crippen LogP contribution in [0.4, 0.5) is 0 Å². The van der Waals surface area contributed by atoms with E-state index >= 15 is 0 Å². The summed E-state index contributed by atoms with van der Waals surface area (Å²) < 4.78 is 0. The molecule has 0 aliphatic heterocycles. The van der Waals surface area contributed by atoms with Gasteiger partial charge >= 0.3 is 0 Å². The first-order valence-corrected chi connectivity index (χ1v) is 10.5. The minimum Gasteiger partial charge on any atom is -0.346 e. The summed E-state index contributed by atoms with van der Waals surface area (Å²) in [6, 6.07) is 0. The number of hydrogen-bond acceptors (Lipinski definition) is 4. The number of carbonyl (C=O) groups excluding carboxylic acids is 1. The van der Waals surface area contributed by atoms with Gasteiger partial charge in [0.2, 0.25) is 5.91 Å². The Morgan fingerprint density at radius 1 is 1.26 bits per heavy atom. The standard InChI is InChI=1S/C21H39N5O/c1-16(2)10-12-26(5)21(27)18-8-6-17(7-9-18)20-19(14-23-24-20)15-25(4)13-11-22-3/h14,16-18,22H,6-13,15H2,1-5H3,(H,23,24)/t17-,18+. The number of aromatic nitrogens is 2. The molecule has 2 rings (SSSR count). The summed E-state index contributed by atoms with van der Waals surface area (Å²) in [5, 5.41) is 10.8. The molecule has 6 nitrogen and oxygen atoms in total. The lowest BCUT2D eigenvalue weighted by Crippen LogP contribution is -2.36. The van der Waals surface area contributed by atoms with E-state index in [1.807, 2.05) is 25.2 Å². The van der Waals surface area contributed by atoms with Gasteiger partial charge in [-0.25, -0.2) is 0 Å². The maximum atomic E-state index is 12.7. The lowest BCUT2D eigenvalue weighted by molar-refractivity contribution is -0.135. The van der Waals surface area contributed by atoms with Crippen molar-refractivity contribution in [1.82, 2.24) is 25.3 Å². The maximum Gasteiger partial charge on any atom is 0.225 e. The Bertz CT molecular complexity index is 563. The van der Waals surface area contributed by atoms with E-state index in [0.717, 1.165) is 58.3 Å². The van der Waals surface area contributed by atoms with Gasteiger partial charge in [-0.1, -0.05) is 13.8 Å². The van der Waals surface area contributed by atoms with Crippen molar-refractivity contribution in [2.45, 2.75) is 58.4 Å². The molecule has 1 heterocycles. The van der Waals surface area contributed by atoms with Gasteiger partial charge < -0.3 is 15.1 Å². The minimum absolute atomic E-state index is 0.194. The topological polar surface area (TPSA) is 64.3 Å². The van der Waals surface area contributed by atoms with E-state index in [1.165, 1.54) is 11.3 Å². The van der Waals surface area contributed by atoms with Crippen LogP contribution < -0.4 is 5.32 Å². The first kappa shape index (κ1) is 21.9. The van der Waals surface area contributed by atoms with Gasteiger partial charge in [-0.2, -0.15) is 5.10 Å². The number of H-pyrrole nitrogens is 1. The summed E-state index contributed by atoms with van der Waals surface area (Å²) in [7, 11) is 6.09. The van der Waals surface area contributed by atoms with Gasteiger partial charge in [0.1, 0.15) is 0 Å². The number of hydrogen-bond donors (Lipinski definition) is 2. The van der Waals surface area contributed by atoms with Crippen LogP contribution in [-0.2, 0) is 11.3 Å². The molecule has 6 heteroatoms. The molecular formula is C21H39N5O. The molecule has 27 heavy (non-hydrogen) atoms. The highest BCUT2D eigenvalue weighted by Crippen LogP contribution is 2.37. The predicted molar refractivity (Wildman–Crippen MR) is 111 cm³/mol. The normalized spacial score (nSPS) is 20.4. The van der Waals surface area contributed by atoms with Crippen molar-refractivity contribution in [1.29, 1.82) is 0 Å². The highest BCUT2D eigenvalue weighted by molar-refractivity contribution is 5.78. The van der Waals surface area contributed by atoms with Gasteiger partial charge in [-0.3, -0.25) is 9.89 Å². The molecule has 0 bridgehead atoms. The molecule has 0 unspecified atom stereocenters. The Morgan fingerprint density at radius 2 is 1.96 bits per heavy atom. The fraction of sp³-hybridized carbons (Fsp3) is 0.810. The van der Waals surface area contributed by atoms with Crippen molar-refractivity contribution < 1.29 is 4.79 Å². The van der Waals surface area contributed by atoms with Crippen molar-refractivity contribution >= 4 is 5.91 Å². The number of nitrogens with zero attached hydrogens (tertiary/aromatic N) is 3. The Hall–Kier alpha value is -1.40. The molecule has 0 radical (unpaired) electrons. The summed E-state index contributed by atoms with van der Waals surface area (Å²) >= 11 is 0. The van der Waals surface area contributed by atoms with Gasteiger partial charge in [0, 0.05) is 56.8 Å². The largest absolute Gasteiger partial charge is 0.346 e. The fourth-order valence-electron chi connectivity index (χ4n) is 3.97. The second-order valence-electron chi connectivity index (χ2n) is 8.63. The molecule has 2 N–H and O–H groups in total. The molecule has 0 spiro atoms. The first-order valence-electron chi connectivity index (χ1n) is 10.5. The third-order valence-corrected chi connectivity index (χ3v) is 5.82. The lowest BCUT2D eigenvalue weighted by Gasteiger charge is -2.30. The molecule has 1 aliphatic carbocycles. The zero-order chi connectivity index (χ0) is 19.8. The van der Waals surface area contributed by atoms with Crippen molar-refractivity contribution in [3.63, 3.8) is 0 Å². The third kappa shape index (κ3) is 6.61. The average molecular weight is 378 g/mol. The molecule has 1 fully saturated rings. The molecule has 0 aromatic carbocycles. The molecule has 1 amide bonds. The first-order chi connectivity index (χ1) is 12.9. The van der Waals surface area contributed by atoms with Gasteiger partial charge in [-0.15, -0.1) is 0 Å². The zero-order valence-corrected chi connectivity index (χ0v) is 17.9. The molecule has 1 aromatic heterocycles. The Labute approximate surface area is 165 Å². The van der Waals surface area contributed by atoms with Crippen LogP contribution in [0.15, 0.2) is 6.20 Å². The van der Waals surface area contributed by atoms with E-state index in [9.17, 15) is 4.79 Å². The van der Waals surface area contributed by atoms with Crippen LogP contribution in [0, 0.1) is 11.8 Å². The van der Waals surface area contributed by atoms with Gasteiger partial charge in [-0.05, 0) is 52.1 Å². The van der Waals surface area contributed by atoms with Crippen LogP contribution in [-0.4, -0.2) is 66.7 Å². The Balaban J connectivity index is 1.85. The van der Waals surface area contributed by atoms with E-state index in [1.54, 1.807) is 0 Å². The summed E-state index contributed by atoms with van der Waals surface area (Å²) in [6.07, 6.45) is 7.21. The van der Waals surface area contributed by atoms with Crippen molar-refractivity contribution in [3.8, 4) is 0 Å². The second kappa shape index (κ2) is 10.8. The average Bonchev–Trinajstić information content (AvgIpc) is 3.11. The molecule has 1 aliphatic rings. The van der Waals surface area contributed by atoms with E-state index in [-0.39, 0.29) is 5.92 Å². The monoisotopic (exact) mass is 377 g/mol. The number of nitrogens with one attached hydrogen (secondary N) is 2. The summed E-state index contributed by atoms with van der Waals surface area (Å²) in [4.78, 5) is 17.0. The van der Waals surface area contributed by atoms with E-state index in [4.69, 9.17) is 0 Å². The third-order valence-electron chi connectivity index (χ3n) is 5.82. The predicted octanol–water partition coefficient (Wildman–Crippen LogP) is 2.84. The SMILES string of the molecule is CNCCN(C)Cc1c[nH]nc1[C@H]1CC[C@@H](C(=O)N(C)CCC(C)C)CC1. The molecular weight excluding hydrogens is 338 g/mol. The van der Waals surface area contributed by atoms with Crippen LogP contribution in [0.3, 0.4) is 0 Å². The number of carbonyl (C=O) groups is 1. The van der Waals surface area contributed by atoms with Gasteiger partial charge in [0.25, 0.3) is 0 Å². The smallest absolute Gasteiger partial charge is 0.225 e. The van der Waals surface area contributed by atoms with Crippen molar-refractivity contribution in [2.75, 3.05) is 40.8 Å². The van der Waals surface area contributed by atoms with Gasteiger partial charge in [0.05, 0.1) is 5.69 Å². The Kier molecular flexibility index (Phi) is 8.77. The molecule has 1 aromatic rings. The molecule has 0 saturated heterocycles. The summed E-state index contributed by atoms with van der Waals surface area (Å²) in [5.41, 5.74) is 2.52. The second-order valence-corrected chi connectivity index (χ2v) is 8.63. The zero-order valence-electron chi connectivity index (χ0n) is 17.9. The number of likely N-dealkylation sites (N-methyl/N-ethyl adjacent to an activating group) is 2. The van der Waals surface area contributed by atoms with Crippen LogP contribution in [0.5, 0.6) is 0 Å². The van der Waals surface area contributed by atoms with Crippen LogP contribution in [0.25, 0.3) is 0 Å². The van der Waals surface area contributed by atoms with E-state index in [2.05, 4.69) is 41.3 Å². The van der Waals surface area contributed by atoms with Crippen LogP contribution in [0.1, 0.15) is 63.1 Å². The Morgan fingerprint density at radius 3 is 2.59 bits per heavy atom. The number of aromatic amines is 1.